The Balaban J connectivity index is 1.76. The molecule has 0 atom stereocenters. The Morgan fingerprint density at radius 3 is 2.81 bits per heavy atom. The molecule has 1 aromatic carbocycles. The second-order valence-electron chi connectivity index (χ2n) is 5.23. The first-order valence-corrected chi connectivity index (χ1v) is 8.23. The summed E-state index contributed by atoms with van der Waals surface area (Å²) in [6, 6.07) is 5.36. The van der Waals surface area contributed by atoms with Gasteiger partial charge < -0.3 is 14.8 Å². The monoisotopic (exact) mass is 355 g/mol. The molecule has 0 saturated heterocycles. The van der Waals surface area contributed by atoms with E-state index < -0.39 is 0 Å². The van der Waals surface area contributed by atoms with E-state index in [-0.39, 0.29) is 5.91 Å². The van der Waals surface area contributed by atoms with Gasteiger partial charge in [0.2, 0.25) is 0 Å². The van der Waals surface area contributed by atoms with Gasteiger partial charge in [0.05, 0.1) is 25.4 Å². The lowest BCUT2D eigenvalue weighted by atomic mass is 9.98. The van der Waals surface area contributed by atoms with Gasteiger partial charge in [-0.05, 0) is 31.0 Å². The maximum atomic E-state index is 12.1. The fourth-order valence-corrected chi connectivity index (χ4v) is 2.91. The van der Waals surface area contributed by atoms with Gasteiger partial charge in [-0.1, -0.05) is 35.2 Å². The zero-order valence-electron chi connectivity index (χ0n) is 12.4. The number of hydrogen-bond donors (Lipinski definition) is 1. The van der Waals surface area contributed by atoms with Crippen molar-refractivity contribution >= 4 is 21.8 Å². The van der Waals surface area contributed by atoms with Crippen LogP contribution >= 0.6 is 15.9 Å². The van der Waals surface area contributed by atoms with E-state index in [9.17, 15) is 4.79 Å². The lowest BCUT2D eigenvalue weighted by molar-refractivity contribution is 0.0299. The number of carbonyl (C=O) groups excluding carboxylic acids is 1. The van der Waals surface area contributed by atoms with Crippen LogP contribution in [0, 0.1) is 0 Å². The number of carbonyl (C=O) groups is 1. The summed E-state index contributed by atoms with van der Waals surface area (Å²) in [5.74, 6) is 0.432. The Morgan fingerprint density at radius 2 is 2.10 bits per heavy atom. The van der Waals surface area contributed by atoms with Crippen molar-refractivity contribution in [1.29, 1.82) is 0 Å². The molecule has 1 aliphatic rings. The van der Waals surface area contributed by atoms with E-state index in [1.54, 1.807) is 19.2 Å². The van der Waals surface area contributed by atoms with Crippen molar-refractivity contribution in [3.63, 3.8) is 0 Å². The highest BCUT2D eigenvalue weighted by molar-refractivity contribution is 9.10. The van der Waals surface area contributed by atoms with Gasteiger partial charge in [-0.15, -0.1) is 0 Å². The van der Waals surface area contributed by atoms with Gasteiger partial charge in [0.25, 0.3) is 5.91 Å². The van der Waals surface area contributed by atoms with E-state index >= 15 is 0 Å². The lowest BCUT2D eigenvalue weighted by Gasteiger charge is -2.22. The van der Waals surface area contributed by atoms with Crippen LogP contribution in [0.25, 0.3) is 0 Å². The van der Waals surface area contributed by atoms with Crippen LogP contribution in [0.5, 0.6) is 5.75 Å². The van der Waals surface area contributed by atoms with E-state index in [1.807, 2.05) is 6.07 Å². The minimum absolute atomic E-state index is 0.133. The number of methoxy groups -OCH3 is 1. The van der Waals surface area contributed by atoms with E-state index in [1.165, 1.54) is 19.3 Å². The number of benzene rings is 1. The molecule has 4 nitrogen and oxygen atoms in total. The molecule has 0 aliphatic heterocycles. The Bertz CT molecular complexity index is 473. The number of ether oxygens (including phenoxy) is 2. The average molecular weight is 356 g/mol. The van der Waals surface area contributed by atoms with Crippen molar-refractivity contribution in [2.24, 2.45) is 0 Å². The predicted molar refractivity (Wildman–Crippen MR) is 85.9 cm³/mol. The first-order chi connectivity index (χ1) is 10.2. The number of amides is 1. The second kappa shape index (κ2) is 8.39. The van der Waals surface area contributed by atoms with Gasteiger partial charge in [-0.25, -0.2) is 0 Å². The summed E-state index contributed by atoms with van der Waals surface area (Å²) < 4.78 is 11.9. The molecule has 1 amide bonds. The highest BCUT2D eigenvalue weighted by Crippen LogP contribution is 2.23. The minimum atomic E-state index is -0.133. The molecule has 0 bridgehead atoms. The first kappa shape index (κ1) is 16.3. The van der Waals surface area contributed by atoms with Crippen LogP contribution in [0.15, 0.2) is 22.7 Å². The molecule has 21 heavy (non-hydrogen) atoms. The molecule has 116 valence electrons. The summed E-state index contributed by atoms with van der Waals surface area (Å²) in [6.07, 6.45) is 6.50. The average Bonchev–Trinajstić information content (AvgIpc) is 2.52. The molecule has 0 unspecified atom stereocenters. The van der Waals surface area contributed by atoms with Crippen molar-refractivity contribution in [3.05, 3.63) is 28.2 Å². The fraction of sp³-hybridized carbons (Fsp3) is 0.562. The highest BCUT2D eigenvalue weighted by atomic mass is 79.9. The molecule has 1 saturated carbocycles. The summed E-state index contributed by atoms with van der Waals surface area (Å²) in [6.45, 7) is 1.09. The van der Waals surface area contributed by atoms with Crippen molar-refractivity contribution < 1.29 is 14.3 Å². The van der Waals surface area contributed by atoms with Gasteiger partial charge >= 0.3 is 0 Å². The molecular formula is C16H22BrNO3. The molecule has 1 fully saturated rings. The van der Waals surface area contributed by atoms with Crippen LogP contribution in [-0.2, 0) is 4.74 Å². The Morgan fingerprint density at radius 1 is 1.33 bits per heavy atom. The zero-order chi connectivity index (χ0) is 15.1. The van der Waals surface area contributed by atoms with Crippen LogP contribution in [0.3, 0.4) is 0 Å². The molecule has 0 spiro atoms. The predicted octanol–water partition coefficient (Wildman–Crippen LogP) is 3.54. The van der Waals surface area contributed by atoms with E-state index in [2.05, 4.69) is 21.2 Å². The highest BCUT2D eigenvalue weighted by Gasteiger charge is 2.14. The zero-order valence-corrected chi connectivity index (χ0v) is 13.9. The molecule has 1 aromatic rings. The van der Waals surface area contributed by atoms with Crippen LogP contribution in [0.2, 0.25) is 0 Å². The lowest BCUT2D eigenvalue weighted by Crippen LogP contribution is -2.29. The summed E-state index contributed by atoms with van der Waals surface area (Å²) in [5.41, 5.74) is 0.540. The molecular weight excluding hydrogens is 334 g/mol. The summed E-state index contributed by atoms with van der Waals surface area (Å²) in [7, 11) is 1.56. The molecule has 0 aromatic heterocycles. The molecule has 1 N–H and O–H groups in total. The third-order valence-corrected chi connectivity index (χ3v) is 4.19. The van der Waals surface area contributed by atoms with Crippen LogP contribution in [0.4, 0.5) is 0 Å². The normalized spacial score (nSPS) is 15.7. The minimum Gasteiger partial charge on any atom is -0.496 e. The maximum absolute atomic E-state index is 12.1. The Labute approximate surface area is 134 Å². The third kappa shape index (κ3) is 5.00. The Kier molecular flexibility index (Phi) is 6.51. The molecule has 1 aliphatic carbocycles. The smallest absolute Gasteiger partial charge is 0.255 e. The van der Waals surface area contributed by atoms with Crippen molar-refractivity contribution in [2.75, 3.05) is 20.3 Å². The van der Waals surface area contributed by atoms with Crippen LogP contribution < -0.4 is 10.1 Å². The topological polar surface area (TPSA) is 47.6 Å². The van der Waals surface area contributed by atoms with E-state index in [4.69, 9.17) is 9.47 Å². The Hall–Kier alpha value is -1.07. The summed E-state index contributed by atoms with van der Waals surface area (Å²) >= 11 is 3.36. The van der Waals surface area contributed by atoms with E-state index in [0.717, 1.165) is 17.3 Å². The SMILES string of the molecule is COc1cc(Br)ccc1C(=O)NCCOC1CCCCC1. The van der Waals surface area contributed by atoms with Crippen LogP contribution in [-0.4, -0.2) is 32.3 Å². The largest absolute Gasteiger partial charge is 0.496 e. The first-order valence-electron chi connectivity index (χ1n) is 7.44. The maximum Gasteiger partial charge on any atom is 0.255 e. The van der Waals surface area contributed by atoms with Gasteiger partial charge in [0, 0.05) is 11.0 Å². The second-order valence-corrected chi connectivity index (χ2v) is 6.15. The van der Waals surface area contributed by atoms with Gasteiger partial charge in [0.15, 0.2) is 0 Å². The van der Waals surface area contributed by atoms with Gasteiger partial charge in [-0.2, -0.15) is 0 Å². The third-order valence-electron chi connectivity index (χ3n) is 3.70. The number of nitrogens with one attached hydrogen (secondary N) is 1. The van der Waals surface area contributed by atoms with Crippen molar-refractivity contribution in [1.82, 2.24) is 5.32 Å². The van der Waals surface area contributed by atoms with Crippen molar-refractivity contribution in [2.45, 2.75) is 38.2 Å². The number of halogens is 1. The molecule has 0 radical (unpaired) electrons. The number of rotatable bonds is 6. The molecule has 0 heterocycles. The van der Waals surface area contributed by atoms with Crippen molar-refractivity contribution in [3.8, 4) is 5.75 Å². The molecule has 2 rings (SSSR count). The summed E-state index contributed by atoms with van der Waals surface area (Å²) in [4.78, 5) is 12.1. The fourth-order valence-electron chi connectivity index (χ4n) is 2.57. The molecule has 5 heteroatoms. The quantitative estimate of drug-likeness (QED) is 0.794. The van der Waals surface area contributed by atoms with E-state index in [0.29, 0.717) is 30.6 Å². The van der Waals surface area contributed by atoms with Gasteiger partial charge in [0.1, 0.15) is 5.75 Å². The summed E-state index contributed by atoms with van der Waals surface area (Å²) in [5, 5.41) is 2.87. The van der Waals surface area contributed by atoms with Crippen LogP contribution in [0.1, 0.15) is 42.5 Å². The standard InChI is InChI=1S/C16H22BrNO3/c1-20-15-11-12(17)7-8-14(15)16(19)18-9-10-21-13-5-3-2-4-6-13/h7-8,11,13H,2-6,9-10H2,1H3,(H,18,19). The van der Waals surface area contributed by atoms with Gasteiger partial charge in [-0.3, -0.25) is 4.79 Å². The number of hydrogen-bond acceptors (Lipinski definition) is 3.